The summed E-state index contributed by atoms with van der Waals surface area (Å²) in [5.41, 5.74) is 11.8. The van der Waals surface area contributed by atoms with Gasteiger partial charge in [0.05, 0.1) is 0 Å². The van der Waals surface area contributed by atoms with Gasteiger partial charge in [0.25, 0.3) is 0 Å². The summed E-state index contributed by atoms with van der Waals surface area (Å²) in [6.07, 6.45) is -0.855. The van der Waals surface area contributed by atoms with Gasteiger partial charge in [-0.1, -0.05) is 13.8 Å². The lowest BCUT2D eigenvalue weighted by atomic mass is 9.96. The Hall–Kier alpha value is -1.50. The minimum absolute atomic E-state index is 0.0612. The zero-order valence-corrected chi connectivity index (χ0v) is 21.3. The average Bonchev–Trinajstić information content (AvgIpc) is 3.12. The maximum atomic E-state index is 13.2. The summed E-state index contributed by atoms with van der Waals surface area (Å²) in [6.45, 7) is 11.3. The number of hydrogen-bond acceptors (Lipinski definition) is 10. The minimum Gasteiger partial charge on any atom is -0.424 e. The van der Waals surface area contributed by atoms with E-state index in [0.717, 1.165) is 0 Å². The number of amides is 2. The van der Waals surface area contributed by atoms with Crippen molar-refractivity contribution >= 4 is 47.3 Å². The summed E-state index contributed by atoms with van der Waals surface area (Å²) in [7, 11) is 0. The first kappa shape index (κ1) is 24.6. The zero-order valence-electron chi connectivity index (χ0n) is 19.6. The molecule has 33 heavy (non-hydrogen) atoms. The van der Waals surface area contributed by atoms with E-state index in [-0.39, 0.29) is 34.9 Å². The number of hydrogen-bond donors (Lipinski definition) is 2. The van der Waals surface area contributed by atoms with Gasteiger partial charge in [-0.15, -0.1) is 23.5 Å². The largest absolute Gasteiger partial charge is 0.424 e. The molecular formula is C21H32N4O6S2. The Labute approximate surface area is 201 Å². The third-order valence-electron chi connectivity index (χ3n) is 6.57. The molecule has 4 aliphatic heterocycles. The Bertz CT molecular complexity index is 830. The van der Waals surface area contributed by atoms with E-state index >= 15 is 0 Å². The summed E-state index contributed by atoms with van der Waals surface area (Å²) in [6, 6.07) is -2.92. The second-order valence-corrected chi connectivity index (χ2v) is 14.0. The highest BCUT2D eigenvalue weighted by Crippen LogP contribution is 2.52. The molecule has 184 valence electrons. The van der Waals surface area contributed by atoms with Gasteiger partial charge in [0.1, 0.15) is 34.9 Å². The Balaban J connectivity index is 1.49. The highest BCUT2D eigenvalue weighted by atomic mass is 32.2. The number of carbonyl (C=O) groups is 4. The molecule has 0 aromatic carbocycles. The van der Waals surface area contributed by atoms with Crippen LogP contribution in [-0.4, -0.2) is 84.3 Å². The summed E-state index contributed by atoms with van der Waals surface area (Å²) in [5.74, 6) is -1.78. The standard InChI is InChI=1S/C21H32N4O6S2/c1-8(2)7-9(30-18(28)12-20(3,4)32-16-10(22)14(26)24(12)16)31-19(29)13-21(5,6)33-17-11(23)15(27)25(13)17/h8-13,16-17H,7,22-23H2,1-6H3/t10-,11-,12+,13+,16-,17-/m1/s1. The van der Waals surface area contributed by atoms with Crippen LogP contribution in [0.5, 0.6) is 0 Å². The maximum Gasteiger partial charge on any atom is 0.333 e. The normalized spacial score (nSPS) is 35.8. The predicted molar refractivity (Wildman–Crippen MR) is 124 cm³/mol. The molecule has 0 aromatic rings. The highest BCUT2D eigenvalue weighted by Gasteiger charge is 2.64. The monoisotopic (exact) mass is 500 g/mol. The predicted octanol–water partition coefficient (Wildman–Crippen LogP) is 0.224. The molecule has 0 saturated carbocycles. The van der Waals surface area contributed by atoms with E-state index in [9.17, 15) is 19.2 Å². The summed E-state index contributed by atoms with van der Waals surface area (Å²) in [5, 5.41) is -0.544. The maximum absolute atomic E-state index is 13.2. The van der Waals surface area contributed by atoms with Crippen molar-refractivity contribution in [2.24, 2.45) is 17.4 Å². The SMILES string of the molecule is CC(C)CC(OC(=O)[C@@H]1N2C(=O)[C@@H](N)[C@H]2SC1(C)C)OC(=O)[C@@H]1N2C(=O)[C@@H](N)[C@H]2SC1(C)C. The van der Waals surface area contributed by atoms with Crippen molar-refractivity contribution in [2.75, 3.05) is 0 Å². The van der Waals surface area contributed by atoms with Gasteiger partial charge in [-0.2, -0.15) is 0 Å². The number of fused-ring (bicyclic) bond motifs is 2. The topological polar surface area (TPSA) is 145 Å². The van der Waals surface area contributed by atoms with Gasteiger partial charge < -0.3 is 30.7 Å². The smallest absolute Gasteiger partial charge is 0.333 e. The van der Waals surface area contributed by atoms with E-state index in [1.165, 1.54) is 33.3 Å². The van der Waals surface area contributed by atoms with Crippen molar-refractivity contribution < 1.29 is 28.7 Å². The number of carbonyl (C=O) groups excluding carboxylic acids is 4. The van der Waals surface area contributed by atoms with Crippen molar-refractivity contribution in [1.29, 1.82) is 0 Å². The molecule has 4 fully saturated rings. The van der Waals surface area contributed by atoms with Crippen LogP contribution < -0.4 is 11.5 Å². The van der Waals surface area contributed by atoms with E-state index in [4.69, 9.17) is 20.9 Å². The first-order valence-electron chi connectivity index (χ1n) is 11.1. The molecule has 10 nitrogen and oxygen atoms in total. The molecule has 12 heteroatoms. The molecule has 4 rings (SSSR count). The van der Waals surface area contributed by atoms with Crippen LogP contribution in [0.1, 0.15) is 48.0 Å². The van der Waals surface area contributed by atoms with Crippen molar-refractivity contribution in [3.05, 3.63) is 0 Å². The van der Waals surface area contributed by atoms with Gasteiger partial charge in [0, 0.05) is 15.9 Å². The fourth-order valence-corrected chi connectivity index (χ4v) is 8.07. The van der Waals surface area contributed by atoms with Crippen molar-refractivity contribution in [2.45, 2.75) is 98.7 Å². The number of β-lactam (4-membered cyclic amide) rings is 2. The van der Waals surface area contributed by atoms with Crippen molar-refractivity contribution in [3.63, 3.8) is 0 Å². The second kappa shape index (κ2) is 8.03. The quantitative estimate of drug-likeness (QED) is 0.295. The molecule has 6 atom stereocenters. The Kier molecular flexibility index (Phi) is 5.99. The lowest BCUT2D eigenvalue weighted by molar-refractivity contribution is -0.201. The summed E-state index contributed by atoms with van der Waals surface area (Å²) >= 11 is 2.92. The molecule has 4 saturated heterocycles. The number of ether oxygens (including phenoxy) is 2. The van der Waals surface area contributed by atoms with Crippen LogP contribution in [0, 0.1) is 5.92 Å². The van der Waals surface area contributed by atoms with Crippen LogP contribution in [0.3, 0.4) is 0 Å². The zero-order chi connectivity index (χ0) is 24.6. The highest BCUT2D eigenvalue weighted by molar-refractivity contribution is 8.02. The van der Waals surface area contributed by atoms with Crippen LogP contribution in [0.15, 0.2) is 0 Å². The Morgan fingerprint density at radius 3 is 1.58 bits per heavy atom. The molecular weight excluding hydrogens is 468 g/mol. The number of nitrogens with two attached hydrogens (primary N) is 2. The molecule has 4 aliphatic rings. The fraction of sp³-hybridized carbons (Fsp3) is 0.810. The first-order chi connectivity index (χ1) is 15.2. The molecule has 0 radical (unpaired) electrons. The van der Waals surface area contributed by atoms with E-state index in [0.29, 0.717) is 0 Å². The van der Waals surface area contributed by atoms with Gasteiger partial charge in [0.2, 0.25) is 18.1 Å². The van der Waals surface area contributed by atoms with Gasteiger partial charge in [-0.3, -0.25) is 9.59 Å². The lowest BCUT2D eigenvalue weighted by Gasteiger charge is -2.42. The van der Waals surface area contributed by atoms with Crippen molar-refractivity contribution in [3.8, 4) is 0 Å². The fourth-order valence-electron chi connectivity index (χ4n) is 4.94. The molecule has 4 heterocycles. The first-order valence-corrected chi connectivity index (χ1v) is 12.9. The van der Waals surface area contributed by atoms with Crippen LogP contribution >= 0.6 is 23.5 Å². The molecule has 0 unspecified atom stereocenters. The molecule has 0 aromatic heterocycles. The van der Waals surface area contributed by atoms with Gasteiger partial charge >= 0.3 is 11.9 Å². The number of thioether (sulfide) groups is 2. The summed E-state index contributed by atoms with van der Waals surface area (Å²) < 4.78 is 10.2. The number of rotatable bonds is 6. The van der Waals surface area contributed by atoms with Gasteiger partial charge in [-0.05, 0) is 33.6 Å². The van der Waals surface area contributed by atoms with Crippen LogP contribution in [0.2, 0.25) is 0 Å². The minimum atomic E-state index is -1.14. The van der Waals surface area contributed by atoms with Crippen LogP contribution in [-0.2, 0) is 28.7 Å². The van der Waals surface area contributed by atoms with Gasteiger partial charge in [0.15, 0.2) is 0 Å². The summed E-state index contributed by atoms with van der Waals surface area (Å²) in [4.78, 5) is 53.9. The third-order valence-corrected chi connectivity index (χ3v) is 9.76. The molecule has 0 spiro atoms. The van der Waals surface area contributed by atoms with Crippen LogP contribution in [0.4, 0.5) is 0 Å². The second-order valence-electron chi connectivity index (χ2n) is 10.5. The van der Waals surface area contributed by atoms with E-state index in [2.05, 4.69) is 0 Å². The average molecular weight is 501 g/mol. The molecule has 0 bridgehead atoms. The molecule has 4 N–H and O–H groups in total. The number of esters is 2. The Morgan fingerprint density at radius 2 is 1.24 bits per heavy atom. The number of nitrogens with zero attached hydrogens (tertiary/aromatic N) is 2. The van der Waals surface area contributed by atoms with Crippen LogP contribution in [0.25, 0.3) is 0 Å². The molecule has 2 amide bonds. The lowest BCUT2D eigenvalue weighted by Crippen LogP contribution is -2.69. The van der Waals surface area contributed by atoms with E-state index in [1.54, 1.807) is 0 Å². The Morgan fingerprint density at radius 1 is 0.879 bits per heavy atom. The van der Waals surface area contributed by atoms with E-state index in [1.807, 2.05) is 41.5 Å². The third kappa shape index (κ3) is 3.82. The molecule has 0 aliphatic carbocycles. The van der Waals surface area contributed by atoms with Crippen molar-refractivity contribution in [1.82, 2.24) is 9.80 Å². The van der Waals surface area contributed by atoms with E-state index < -0.39 is 51.9 Å². The van der Waals surface area contributed by atoms with Gasteiger partial charge in [-0.25, -0.2) is 9.59 Å².